The third-order valence-corrected chi connectivity index (χ3v) is 20.9. The maximum atomic E-state index is 14.7. The molecule has 4 amide bonds. The molecule has 9 aliphatic rings. The van der Waals surface area contributed by atoms with Gasteiger partial charge in [-0.3, -0.25) is 38.4 Å². The van der Waals surface area contributed by atoms with Gasteiger partial charge in [0, 0.05) is 39.4 Å². The van der Waals surface area contributed by atoms with E-state index in [-0.39, 0.29) is 148 Å². The molecule has 4 aromatic carbocycles. The summed E-state index contributed by atoms with van der Waals surface area (Å²) < 4.78 is 22.7. The van der Waals surface area contributed by atoms with Gasteiger partial charge in [0.05, 0.1) is 102 Å². The highest BCUT2D eigenvalue weighted by Gasteiger charge is 2.53. The number of ether oxygens (including phenoxy) is 4. The Morgan fingerprint density at radius 2 is 0.722 bits per heavy atom. The number of nitrogens with one attached hydrogen (secondary N) is 5. The van der Waals surface area contributed by atoms with E-state index < -0.39 is 94.8 Å². The van der Waals surface area contributed by atoms with E-state index in [0.717, 1.165) is 39.0 Å². The van der Waals surface area contributed by atoms with Crippen LogP contribution < -0.4 is 38.5 Å². The molecule has 8 atom stereocenters. The van der Waals surface area contributed by atoms with Gasteiger partial charge in [0.15, 0.2) is 0 Å². The number of rotatable bonds is 2. The highest BCUT2D eigenvalue weighted by atomic mass is 16.5. The third-order valence-electron chi connectivity index (χ3n) is 20.9. The smallest absolute Gasteiger partial charge is 0.309 e. The van der Waals surface area contributed by atoms with Gasteiger partial charge in [0.1, 0.15) is 0 Å². The number of hydrogen-bond donors (Lipinski definition) is 8. The van der Waals surface area contributed by atoms with Crippen LogP contribution in [0.2, 0.25) is 0 Å². The van der Waals surface area contributed by atoms with E-state index in [1.165, 1.54) is 0 Å². The molecular weight excluding hydrogens is 1360 g/mol. The molecule has 11 N–H and O–H groups in total. The highest BCUT2D eigenvalue weighted by molar-refractivity contribution is 6.32. The normalized spacial score (nSPS) is 28.2. The number of fused-ring (bicyclic) bond motifs is 18. The zero-order valence-corrected chi connectivity index (χ0v) is 64.2. The maximum absolute atomic E-state index is 14.7. The lowest BCUT2D eigenvalue weighted by Crippen LogP contribution is -2.22. The summed E-state index contributed by atoms with van der Waals surface area (Å²) in [6, 6.07) is 22.9. The van der Waals surface area contributed by atoms with Crippen LogP contribution >= 0.6 is 0 Å². The van der Waals surface area contributed by atoms with Crippen LogP contribution in [-0.2, 0) is 79.0 Å². The quantitative estimate of drug-likeness (QED) is 0.0683. The van der Waals surface area contributed by atoms with E-state index in [1.54, 1.807) is 78.9 Å². The van der Waals surface area contributed by atoms with Crippen molar-refractivity contribution in [3.05, 3.63) is 201 Å². The molecule has 0 saturated heterocycles. The molecule has 4 bridgehead atoms. The monoisotopic (exact) mass is 1460 g/mol. The van der Waals surface area contributed by atoms with E-state index >= 15 is 0 Å². The topological polar surface area (TPSA) is 324 Å². The molecule has 0 radical (unpaired) electrons. The zero-order chi connectivity index (χ0) is 77.9. The van der Waals surface area contributed by atoms with Crippen LogP contribution in [0.15, 0.2) is 157 Å². The molecule has 4 aromatic rings. The van der Waals surface area contributed by atoms with Gasteiger partial charge >= 0.3 is 23.9 Å². The first-order chi connectivity index (χ1) is 51.0. The van der Waals surface area contributed by atoms with Crippen molar-refractivity contribution in [2.24, 2.45) is 64.5 Å². The van der Waals surface area contributed by atoms with Gasteiger partial charge in [0.25, 0.3) is 0 Å². The van der Waals surface area contributed by atoms with Crippen molar-refractivity contribution in [1.82, 2.24) is 0 Å². The number of esters is 4. The van der Waals surface area contributed by atoms with Crippen molar-refractivity contribution in [3.63, 3.8) is 0 Å². The van der Waals surface area contributed by atoms with Crippen LogP contribution in [0, 0.1) is 52.8 Å². The Kier molecular flexibility index (Phi) is 23.3. The second-order valence-electron chi connectivity index (χ2n) is 33.6. The first-order valence-corrected chi connectivity index (χ1v) is 37.7. The molecule has 4 heterocycles. The summed E-state index contributed by atoms with van der Waals surface area (Å²) in [7, 11) is 0. The fourth-order valence-electron chi connectivity index (χ4n) is 13.6. The van der Waals surface area contributed by atoms with E-state index in [2.05, 4.69) is 141 Å². The van der Waals surface area contributed by atoms with Crippen molar-refractivity contribution < 1.29 is 57.3 Å². The van der Waals surface area contributed by atoms with Crippen molar-refractivity contribution in [2.45, 2.75) is 163 Å². The summed E-state index contributed by atoms with van der Waals surface area (Å²) in [5.74, 6) is -10.7. The van der Waals surface area contributed by atoms with Gasteiger partial charge in [-0.05, 0) is 173 Å². The molecule has 20 nitrogen and oxygen atoms in total. The summed E-state index contributed by atoms with van der Waals surface area (Å²) in [6.07, 6.45) is 21.7. The van der Waals surface area contributed by atoms with E-state index in [9.17, 15) is 43.8 Å². The molecule has 0 aromatic heterocycles. The molecule has 4 fully saturated rings. The predicted octanol–water partition coefficient (Wildman–Crippen LogP) is 14.6. The minimum absolute atomic E-state index is 0.0150. The van der Waals surface area contributed by atoms with Crippen molar-refractivity contribution in [1.29, 1.82) is 5.41 Å². The number of benzene rings is 4. The van der Waals surface area contributed by atoms with Crippen molar-refractivity contribution >= 4 is 98.3 Å². The number of allylic oxidation sites excluding steroid dienone is 15. The number of amides is 4. The lowest BCUT2D eigenvalue weighted by molar-refractivity contribution is -0.148. The number of hydrogen-bond acceptors (Lipinski definition) is 16. The average Bonchev–Trinajstić information content (AvgIpc) is 0.995. The van der Waals surface area contributed by atoms with Crippen LogP contribution in [0.5, 0.6) is 0 Å². The van der Waals surface area contributed by atoms with Crippen LogP contribution in [0.4, 0.5) is 22.7 Å². The Labute approximate surface area is 633 Å². The molecule has 20 heteroatoms. The Morgan fingerprint density at radius 1 is 0.389 bits per heavy atom. The second-order valence-corrected chi connectivity index (χ2v) is 33.6. The standard InChI is InChI=1S/C88H104N8O12/c1-85(2,3)53-39-51(40-54(43-53)86(4,5)6)49-23-17-27-65(89)73-67(91)29-19-25-50(52-41-55(87(7,8)9)44-56(42-52)88(10,11)12)26-20-30-68(92)74(66(90)28-18-24-49)76-70-32-22-34-72(76)96-80(100)60-48-64(60)84(104)108-38-16-15-37-107-83(103)63-47-59(63)79(99)95-71-33-21-31-69(75(71)73)93-77(97)57-45-61(57)81(101)105-35-13-14-36-106-82(102)62-46-58(62)78(98)94-70/h17-25,27-34,39-44,57-64,89H,13-16,26,35-38,45-48,90-92H2,1-12H3,(H,93,97)(H,94,98)(H,95,99)(H,96,100)/b24-18+,27-17-,29-19-,30-20-,49-23-,50-25-,66-28-,73-67+,74-68+,89-65?. The molecule has 0 spiro atoms. The number of carbonyl (C=O) groups is 8. The molecule has 5 aliphatic carbocycles. The molecule has 4 aliphatic heterocycles. The van der Waals surface area contributed by atoms with Gasteiger partial charge in [-0.1, -0.05) is 174 Å². The van der Waals surface area contributed by atoms with Crippen LogP contribution in [0.25, 0.3) is 22.3 Å². The number of carbonyl (C=O) groups excluding carboxylic acids is 8. The lowest BCUT2D eigenvalue weighted by Gasteiger charge is -2.26. The number of anilines is 4. The predicted molar refractivity (Wildman–Crippen MR) is 423 cm³/mol. The van der Waals surface area contributed by atoms with Gasteiger partial charge in [-0.2, -0.15) is 0 Å². The van der Waals surface area contributed by atoms with Gasteiger partial charge in [0.2, 0.25) is 23.6 Å². The van der Waals surface area contributed by atoms with Crippen LogP contribution in [0.1, 0.15) is 185 Å². The Bertz CT molecular complexity index is 4410. The average molecular weight is 1470 g/mol. The summed E-state index contributed by atoms with van der Waals surface area (Å²) in [4.78, 5) is 114. The van der Waals surface area contributed by atoms with Crippen LogP contribution in [0.3, 0.4) is 0 Å². The molecule has 568 valence electrons. The second kappa shape index (κ2) is 32.1. The van der Waals surface area contributed by atoms with Gasteiger partial charge < -0.3 is 62.8 Å². The van der Waals surface area contributed by atoms with Gasteiger partial charge in [-0.15, -0.1) is 0 Å². The maximum Gasteiger partial charge on any atom is 0.309 e. The van der Waals surface area contributed by atoms with Crippen LogP contribution in [-0.4, -0.2) is 79.6 Å². The first-order valence-electron chi connectivity index (χ1n) is 37.7. The SMILES string of the molecule is CC(C)(C)c1cc(C2=C\C=C/C(=N)/C3=C(N)/C=C\C=C(/c4cc(C(C)(C)C)cc(C(C)(C)C)c4)C/C=C\C(N)=C(\C(N)=C\C=C\2)c2c4cccc2NC(=O)C2CC2C(=O)OCCCCOC(=O)C2CC2C(=O)Nc2cccc(c23)NC(=O)C2CC2C(=O)OCCCCOC(=O)C2CC2C(=O)N4)cc(C(C)(C)C)c1. The van der Waals surface area contributed by atoms with Crippen molar-refractivity contribution in [3.8, 4) is 0 Å². The van der Waals surface area contributed by atoms with E-state index in [4.69, 9.17) is 36.1 Å². The largest absolute Gasteiger partial charge is 0.465 e. The summed E-state index contributed by atoms with van der Waals surface area (Å²) >= 11 is 0. The van der Waals surface area contributed by atoms with E-state index in [0.29, 0.717) is 31.3 Å². The molecule has 108 heavy (non-hydrogen) atoms. The fourth-order valence-corrected chi connectivity index (χ4v) is 13.6. The molecule has 8 unspecified atom stereocenters. The third kappa shape index (κ3) is 19.0. The first kappa shape index (κ1) is 78.4. The highest BCUT2D eigenvalue weighted by Crippen LogP contribution is 2.48. The molecular formula is C88H104N8O12. The zero-order valence-electron chi connectivity index (χ0n) is 64.2. The van der Waals surface area contributed by atoms with Crippen molar-refractivity contribution in [2.75, 3.05) is 47.7 Å². The molecule has 4 saturated carbocycles. The molecule has 13 rings (SSSR count). The number of nitrogens with two attached hydrogens (primary N) is 3. The Morgan fingerprint density at radius 3 is 1.09 bits per heavy atom. The summed E-state index contributed by atoms with van der Waals surface area (Å²) in [6.45, 7) is 25.7. The fraction of sp³-hybridized carbons (Fsp3) is 0.420. The van der Waals surface area contributed by atoms with E-state index in [1.807, 2.05) is 24.3 Å². The van der Waals surface area contributed by atoms with Gasteiger partial charge in [-0.25, -0.2) is 0 Å². The Balaban J connectivity index is 1.20. The Hall–Kier alpha value is -10.6. The summed E-state index contributed by atoms with van der Waals surface area (Å²) in [5.41, 5.74) is 30.2. The minimum atomic E-state index is -0.814. The minimum Gasteiger partial charge on any atom is -0.465 e. The lowest BCUT2D eigenvalue weighted by atomic mass is 9.78. The summed E-state index contributed by atoms with van der Waals surface area (Å²) in [5, 5.41) is 22.6.